The second kappa shape index (κ2) is 6.32. The highest BCUT2D eigenvalue weighted by molar-refractivity contribution is 5.78. The zero-order chi connectivity index (χ0) is 13.7. The Morgan fingerprint density at radius 1 is 1.42 bits per heavy atom. The number of ether oxygens (including phenoxy) is 1. The molecule has 100 valence electrons. The lowest BCUT2D eigenvalue weighted by molar-refractivity contribution is -0.143. The molecule has 1 aromatic rings. The number of benzene rings is 1. The summed E-state index contributed by atoms with van der Waals surface area (Å²) in [5.41, 5.74) is 6.58. The van der Waals surface area contributed by atoms with Crippen LogP contribution < -0.4 is 5.73 Å². The topological polar surface area (TPSA) is 55.6 Å². The standard InChI is InChI=1S/C14H15FN2O2/c15-13-7-11(2-1-3-16)6-12(8-13)9-17-4-5-19-10-14(17)18/h6-8H,3-5,9-10,16H2. The molecule has 1 aliphatic heterocycles. The van der Waals surface area contributed by atoms with Crippen LogP contribution in [0.3, 0.4) is 0 Å². The van der Waals surface area contributed by atoms with E-state index in [4.69, 9.17) is 10.5 Å². The fraction of sp³-hybridized carbons (Fsp3) is 0.357. The second-order valence-corrected chi connectivity index (χ2v) is 4.22. The number of nitrogens with zero attached hydrogens (tertiary/aromatic N) is 1. The SMILES string of the molecule is NCC#Cc1cc(F)cc(CN2CCOCC2=O)c1. The minimum Gasteiger partial charge on any atom is -0.370 e. The molecule has 0 aliphatic carbocycles. The van der Waals surface area contributed by atoms with Crippen molar-refractivity contribution in [3.8, 4) is 11.8 Å². The van der Waals surface area contributed by atoms with Crippen molar-refractivity contribution in [2.75, 3.05) is 26.3 Å². The van der Waals surface area contributed by atoms with Gasteiger partial charge in [-0.05, 0) is 23.8 Å². The summed E-state index contributed by atoms with van der Waals surface area (Å²) in [6, 6.07) is 4.54. The first-order valence-corrected chi connectivity index (χ1v) is 6.03. The number of halogens is 1. The van der Waals surface area contributed by atoms with E-state index >= 15 is 0 Å². The van der Waals surface area contributed by atoms with E-state index in [1.807, 2.05) is 0 Å². The quantitative estimate of drug-likeness (QED) is 0.789. The zero-order valence-electron chi connectivity index (χ0n) is 10.5. The van der Waals surface area contributed by atoms with Gasteiger partial charge in [-0.3, -0.25) is 4.79 Å². The summed E-state index contributed by atoms with van der Waals surface area (Å²) in [5.74, 6) is 5.03. The Morgan fingerprint density at radius 2 is 2.26 bits per heavy atom. The van der Waals surface area contributed by atoms with Gasteiger partial charge in [0, 0.05) is 18.7 Å². The van der Waals surface area contributed by atoms with Crippen molar-refractivity contribution in [2.45, 2.75) is 6.54 Å². The molecular formula is C14H15FN2O2. The third-order valence-corrected chi connectivity index (χ3v) is 2.75. The van der Waals surface area contributed by atoms with Gasteiger partial charge in [-0.2, -0.15) is 0 Å². The van der Waals surface area contributed by atoms with Crippen LogP contribution in [0.2, 0.25) is 0 Å². The van der Waals surface area contributed by atoms with Crippen molar-refractivity contribution < 1.29 is 13.9 Å². The molecule has 1 amide bonds. The molecule has 2 rings (SSSR count). The third-order valence-electron chi connectivity index (χ3n) is 2.75. The molecule has 0 aromatic heterocycles. The summed E-state index contributed by atoms with van der Waals surface area (Å²) in [7, 11) is 0. The van der Waals surface area contributed by atoms with Crippen LogP contribution in [0.1, 0.15) is 11.1 Å². The van der Waals surface area contributed by atoms with Gasteiger partial charge < -0.3 is 15.4 Å². The molecule has 19 heavy (non-hydrogen) atoms. The van der Waals surface area contributed by atoms with Crippen LogP contribution in [0.15, 0.2) is 18.2 Å². The largest absolute Gasteiger partial charge is 0.370 e. The molecule has 1 aromatic carbocycles. The molecule has 1 heterocycles. The highest BCUT2D eigenvalue weighted by Gasteiger charge is 2.18. The highest BCUT2D eigenvalue weighted by atomic mass is 19.1. The average Bonchev–Trinajstić information content (AvgIpc) is 2.38. The first-order chi connectivity index (χ1) is 9.19. The fourth-order valence-electron chi connectivity index (χ4n) is 1.90. The Hall–Kier alpha value is -1.90. The van der Waals surface area contributed by atoms with Gasteiger partial charge in [0.25, 0.3) is 0 Å². The molecule has 1 saturated heterocycles. The summed E-state index contributed by atoms with van der Waals surface area (Å²) in [6.45, 7) is 1.74. The zero-order valence-corrected chi connectivity index (χ0v) is 10.5. The Bertz CT molecular complexity index is 534. The molecule has 4 nitrogen and oxygen atoms in total. The van der Waals surface area contributed by atoms with Crippen molar-refractivity contribution in [1.82, 2.24) is 4.90 Å². The van der Waals surface area contributed by atoms with Gasteiger partial charge in [0.2, 0.25) is 5.91 Å². The molecule has 2 N–H and O–H groups in total. The van der Waals surface area contributed by atoms with Gasteiger partial charge in [-0.15, -0.1) is 0 Å². The third kappa shape index (κ3) is 3.78. The van der Waals surface area contributed by atoms with E-state index in [1.54, 1.807) is 11.0 Å². The van der Waals surface area contributed by atoms with Crippen molar-refractivity contribution in [3.05, 3.63) is 35.1 Å². The lowest BCUT2D eigenvalue weighted by Gasteiger charge is -2.26. The van der Waals surface area contributed by atoms with Crippen LogP contribution in [-0.4, -0.2) is 37.1 Å². The fourth-order valence-corrected chi connectivity index (χ4v) is 1.90. The highest BCUT2D eigenvalue weighted by Crippen LogP contribution is 2.12. The molecule has 0 spiro atoms. The number of amides is 1. The van der Waals surface area contributed by atoms with E-state index in [2.05, 4.69) is 11.8 Å². The minimum atomic E-state index is -0.362. The molecule has 0 atom stereocenters. The van der Waals surface area contributed by atoms with E-state index in [1.165, 1.54) is 12.1 Å². The van der Waals surface area contributed by atoms with E-state index in [-0.39, 0.29) is 24.9 Å². The first-order valence-electron chi connectivity index (χ1n) is 6.03. The van der Waals surface area contributed by atoms with Gasteiger partial charge in [0.05, 0.1) is 13.2 Å². The number of hydrogen-bond donors (Lipinski definition) is 1. The van der Waals surface area contributed by atoms with Crippen molar-refractivity contribution in [2.24, 2.45) is 5.73 Å². The van der Waals surface area contributed by atoms with Crippen molar-refractivity contribution in [3.63, 3.8) is 0 Å². The Morgan fingerprint density at radius 3 is 3.00 bits per heavy atom. The number of carbonyl (C=O) groups is 1. The van der Waals surface area contributed by atoms with E-state index in [0.29, 0.717) is 25.3 Å². The van der Waals surface area contributed by atoms with Crippen molar-refractivity contribution in [1.29, 1.82) is 0 Å². The van der Waals surface area contributed by atoms with Gasteiger partial charge in [-0.1, -0.05) is 11.8 Å². The normalized spacial score (nSPS) is 15.1. The molecular weight excluding hydrogens is 247 g/mol. The average molecular weight is 262 g/mol. The summed E-state index contributed by atoms with van der Waals surface area (Å²) in [4.78, 5) is 13.3. The van der Waals surface area contributed by atoms with E-state index in [0.717, 1.165) is 5.56 Å². The smallest absolute Gasteiger partial charge is 0.248 e. The number of rotatable bonds is 2. The summed E-state index contributed by atoms with van der Waals surface area (Å²) in [6.07, 6.45) is 0. The molecule has 0 radical (unpaired) electrons. The first kappa shape index (κ1) is 13.5. The predicted molar refractivity (Wildman–Crippen MR) is 68.6 cm³/mol. The van der Waals surface area contributed by atoms with Gasteiger partial charge in [0.15, 0.2) is 0 Å². The molecule has 0 bridgehead atoms. The number of nitrogens with two attached hydrogens (primary N) is 1. The van der Waals surface area contributed by atoms with E-state index < -0.39 is 0 Å². The molecule has 0 saturated carbocycles. The molecule has 0 unspecified atom stereocenters. The maximum Gasteiger partial charge on any atom is 0.248 e. The summed E-state index contributed by atoms with van der Waals surface area (Å²) >= 11 is 0. The predicted octanol–water partition coefficient (Wildman–Crippen LogP) is 0.495. The number of carbonyl (C=O) groups excluding carboxylic acids is 1. The van der Waals surface area contributed by atoms with Crippen molar-refractivity contribution >= 4 is 5.91 Å². The lowest BCUT2D eigenvalue weighted by Crippen LogP contribution is -2.40. The molecule has 5 heteroatoms. The van der Waals surface area contributed by atoms with Crippen LogP contribution in [0.5, 0.6) is 0 Å². The monoisotopic (exact) mass is 262 g/mol. The van der Waals surface area contributed by atoms with E-state index in [9.17, 15) is 9.18 Å². The van der Waals surface area contributed by atoms with Crippen LogP contribution in [0.25, 0.3) is 0 Å². The number of hydrogen-bond acceptors (Lipinski definition) is 3. The minimum absolute atomic E-state index is 0.0786. The van der Waals surface area contributed by atoms with Gasteiger partial charge in [0.1, 0.15) is 12.4 Å². The summed E-state index contributed by atoms with van der Waals surface area (Å²) < 4.78 is 18.5. The maximum atomic E-state index is 13.5. The Kier molecular flexibility index (Phi) is 4.50. The van der Waals surface area contributed by atoms with Crippen LogP contribution in [-0.2, 0) is 16.1 Å². The Balaban J connectivity index is 2.15. The lowest BCUT2D eigenvalue weighted by atomic mass is 10.1. The Labute approximate surface area is 111 Å². The van der Waals surface area contributed by atoms with Gasteiger partial charge >= 0.3 is 0 Å². The van der Waals surface area contributed by atoms with Crippen LogP contribution in [0.4, 0.5) is 4.39 Å². The maximum absolute atomic E-state index is 13.5. The second-order valence-electron chi connectivity index (χ2n) is 4.22. The molecule has 1 fully saturated rings. The summed E-state index contributed by atoms with van der Waals surface area (Å²) in [5, 5.41) is 0. The van der Waals surface area contributed by atoms with Crippen LogP contribution >= 0.6 is 0 Å². The van der Waals surface area contributed by atoms with Crippen LogP contribution in [0, 0.1) is 17.7 Å². The number of morpholine rings is 1. The van der Waals surface area contributed by atoms with Gasteiger partial charge in [-0.25, -0.2) is 4.39 Å². The molecule has 1 aliphatic rings.